The van der Waals surface area contributed by atoms with E-state index in [4.69, 9.17) is 9.84 Å². The molecule has 2 N–H and O–H groups in total. The van der Waals surface area contributed by atoms with Gasteiger partial charge in [0.05, 0.1) is 17.8 Å². The van der Waals surface area contributed by atoms with Crippen LogP contribution in [-0.2, 0) is 16.6 Å². The summed E-state index contributed by atoms with van der Waals surface area (Å²) in [6.07, 6.45) is -0.0197. The monoisotopic (exact) mass is 477 g/mol. The highest BCUT2D eigenvalue weighted by Gasteiger charge is 2.43. The topological polar surface area (TPSA) is 119 Å². The zero-order valence-electron chi connectivity index (χ0n) is 19.5. The minimum atomic E-state index is -0.855. The molecule has 1 fully saturated rings. The quantitative estimate of drug-likeness (QED) is 0.510. The average Bonchev–Trinajstić information content (AvgIpc) is 3.46. The molecular formula is C25H24FN5O4. The third-order valence-electron chi connectivity index (χ3n) is 5.81. The van der Waals surface area contributed by atoms with Gasteiger partial charge in [0.1, 0.15) is 11.9 Å². The predicted octanol–water partition coefficient (Wildman–Crippen LogP) is 4.24. The Hall–Kier alpha value is -4.26. The number of ether oxygens (including phenoxy) is 1. The fourth-order valence-electron chi connectivity index (χ4n) is 3.64. The SMILES string of the molecule is Cc1nc(-c2nnn(C)c2NC(=O)O[C@H](C)c2ccccc2F)ccc1C#CC1(CC(=O)O)CC1. The number of aliphatic carboxylic acids is 1. The summed E-state index contributed by atoms with van der Waals surface area (Å²) in [5, 5.41) is 19.8. The van der Waals surface area contributed by atoms with Crippen LogP contribution in [0.25, 0.3) is 11.4 Å². The van der Waals surface area contributed by atoms with E-state index < -0.39 is 29.4 Å². The number of hydrogen-bond donors (Lipinski definition) is 2. The Balaban J connectivity index is 1.50. The maximum absolute atomic E-state index is 14.0. The van der Waals surface area contributed by atoms with E-state index in [2.05, 4.69) is 32.5 Å². The molecule has 1 amide bonds. The van der Waals surface area contributed by atoms with Gasteiger partial charge in [-0.05, 0) is 44.9 Å². The number of carbonyl (C=O) groups is 2. The fraction of sp³-hybridized carbons (Fsp3) is 0.320. The third kappa shape index (κ3) is 5.46. The second kappa shape index (κ2) is 9.54. The molecule has 9 nitrogen and oxygen atoms in total. The maximum Gasteiger partial charge on any atom is 0.413 e. The van der Waals surface area contributed by atoms with Crippen molar-refractivity contribution in [3.8, 4) is 23.2 Å². The van der Waals surface area contributed by atoms with Crippen LogP contribution in [0.4, 0.5) is 15.0 Å². The highest BCUT2D eigenvalue weighted by molar-refractivity contribution is 5.88. The molecule has 1 aliphatic rings. The molecule has 1 atom stereocenters. The molecule has 1 aliphatic carbocycles. The maximum atomic E-state index is 14.0. The molecule has 180 valence electrons. The van der Waals surface area contributed by atoms with Crippen molar-refractivity contribution >= 4 is 17.9 Å². The van der Waals surface area contributed by atoms with Gasteiger partial charge in [0.15, 0.2) is 11.5 Å². The first-order valence-electron chi connectivity index (χ1n) is 11.0. The Morgan fingerprint density at radius 2 is 2.03 bits per heavy atom. The summed E-state index contributed by atoms with van der Waals surface area (Å²) in [6, 6.07) is 9.56. The summed E-state index contributed by atoms with van der Waals surface area (Å²) < 4.78 is 20.7. The molecule has 35 heavy (non-hydrogen) atoms. The van der Waals surface area contributed by atoms with Crippen molar-refractivity contribution in [2.75, 3.05) is 5.32 Å². The van der Waals surface area contributed by atoms with Crippen LogP contribution in [-0.4, -0.2) is 37.1 Å². The number of carboxylic acids is 1. The van der Waals surface area contributed by atoms with E-state index in [0.29, 0.717) is 22.6 Å². The van der Waals surface area contributed by atoms with Crippen LogP contribution < -0.4 is 5.32 Å². The van der Waals surface area contributed by atoms with Gasteiger partial charge >= 0.3 is 12.1 Å². The number of hydrogen-bond acceptors (Lipinski definition) is 6. The lowest BCUT2D eigenvalue weighted by molar-refractivity contribution is -0.137. The van der Waals surface area contributed by atoms with Gasteiger partial charge in [-0.2, -0.15) is 0 Å². The minimum absolute atomic E-state index is 0.0326. The van der Waals surface area contributed by atoms with Gasteiger partial charge in [-0.25, -0.2) is 18.9 Å². The smallest absolute Gasteiger partial charge is 0.413 e. The number of carboxylic acid groups (broad SMARTS) is 1. The van der Waals surface area contributed by atoms with E-state index in [1.165, 1.54) is 10.7 Å². The standard InChI is InChI=1S/C25H24FN5O4/c1-15-17(10-11-25(12-13-25)14-21(32)33)8-9-20(27-15)22-23(31(3)30-29-22)28-24(34)35-16(2)18-6-4-5-7-19(18)26/h4-9,16H,12-14H2,1-3H3,(H,28,34)(H,32,33)/t16-/m1/s1. The molecule has 0 radical (unpaired) electrons. The summed E-state index contributed by atoms with van der Waals surface area (Å²) in [7, 11) is 1.61. The van der Waals surface area contributed by atoms with Crippen LogP contribution in [0, 0.1) is 30.0 Å². The normalized spacial score (nSPS) is 14.4. The van der Waals surface area contributed by atoms with Crippen LogP contribution in [0.2, 0.25) is 0 Å². The first-order chi connectivity index (χ1) is 16.7. The molecule has 4 rings (SSSR count). The number of benzene rings is 1. The minimum Gasteiger partial charge on any atom is -0.481 e. The number of pyridine rings is 1. The van der Waals surface area contributed by atoms with Crippen molar-refractivity contribution in [3.63, 3.8) is 0 Å². The molecule has 2 aromatic heterocycles. The Morgan fingerprint density at radius 1 is 1.29 bits per heavy atom. The first kappa shape index (κ1) is 23.9. The van der Waals surface area contributed by atoms with Crippen LogP contribution in [0.5, 0.6) is 0 Å². The van der Waals surface area contributed by atoms with E-state index in [-0.39, 0.29) is 17.8 Å². The molecule has 0 saturated heterocycles. The largest absolute Gasteiger partial charge is 0.481 e. The molecule has 0 bridgehead atoms. The molecular weight excluding hydrogens is 453 g/mol. The van der Waals surface area contributed by atoms with E-state index >= 15 is 0 Å². The summed E-state index contributed by atoms with van der Waals surface area (Å²) in [5.41, 5.74) is 1.92. The second-order valence-electron chi connectivity index (χ2n) is 8.53. The number of carbonyl (C=O) groups excluding carboxylic acids is 1. The lowest BCUT2D eigenvalue weighted by atomic mass is 10.0. The van der Waals surface area contributed by atoms with E-state index in [9.17, 15) is 14.0 Å². The van der Waals surface area contributed by atoms with Gasteiger partial charge in [-0.3, -0.25) is 10.1 Å². The number of aryl methyl sites for hydroxylation is 2. The van der Waals surface area contributed by atoms with Crippen LogP contribution in [0.1, 0.15) is 49.1 Å². The molecule has 2 heterocycles. The number of rotatable bonds is 6. The number of amides is 1. The second-order valence-corrected chi connectivity index (χ2v) is 8.53. The molecule has 0 unspecified atom stereocenters. The predicted molar refractivity (Wildman–Crippen MR) is 125 cm³/mol. The van der Waals surface area contributed by atoms with Crippen molar-refractivity contribution < 1.29 is 23.8 Å². The van der Waals surface area contributed by atoms with Gasteiger partial charge in [0.25, 0.3) is 0 Å². The van der Waals surface area contributed by atoms with Gasteiger partial charge in [0.2, 0.25) is 0 Å². The van der Waals surface area contributed by atoms with Crippen molar-refractivity contribution in [1.82, 2.24) is 20.0 Å². The van der Waals surface area contributed by atoms with E-state index in [1.54, 1.807) is 51.2 Å². The van der Waals surface area contributed by atoms with Crippen molar-refractivity contribution in [1.29, 1.82) is 0 Å². The summed E-state index contributed by atoms with van der Waals surface area (Å²) in [5.74, 6) is 5.09. The Kier molecular flexibility index (Phi) is 6.51. The number of halogens is 1. The number of nitrogens with one attached hydrogen (secondary N) is 1. The Labute approximate surface area is 201 Å². The number of aromatic nitrogens is 4. The van der Waals surface area contributed by atoms with Gasteiger partial charge in [-0.1, -0.05) is 35.3 Å². The molecule has 1 aromatic carbocycles. The Morgan fingerprint density at radius 3 is 2.69 bits per heavy atom. The highest BCUT2D eigenvalue weighted by atomic mass is 19.1. The zero-order valence-corrected chi connectivity index (χ0v) is 19.5. The number of anilines is 1. The van der Waals surface area contributed by atoms with Gasteiger partial charge < -0.3 is 9.84 Å². The average molecular weight is 477 g/mol. The van der Waals surface area contributed by atoms with Crippen LogP contribution in [0.15, 0.2) is 36.4 Å². The third-order valence-corrected chi connectivity index (χ3v) is 5.81. The molecule has 0 spiro atoms. The fourth-order valence-corrected chi connectivity index (χ4v) is 3.64. The highest BCUT2D eigenvalue weighted by Crippen LogP contribution is 2.48. The lowest BCUT2D eigenvalue weighted by Crippen LogP contribution is -2.19. The molecule has 1 saturated carbocycles. The Bertz CT molecular complexity index is 1350. The number of nitrogens with zero attached hydrogens (tertiary/aromatic N) is 4. The summed E-state index contributed by atoms with van der Waals surface area (Å²) in [6.45, 7) is 3.37. The zero-order chi connectivity index (χ0) is 25.2. The molecule has 3 aromatic rings. The van der Waals surface area contributed by atoms with Crippen molar-refractivity contribution in [3.05, 3.63) is 59.0 Å². The van der Waals surface area contributed by atoms with E-state index in [0.717, 1.165) is 12.8 Å². The van der Waals surface area contributed by atoms with Crippen molar-refractivity contribution in [2.24, 2.45) is 12.5 Å². The van der Waals surface area contributed by atoms with Crippen LogP contribution >= 0.6 is 0 Å². The van der Waals surface area contributed by atoms with Gasteiger partial charge in [0, 0.05) is 23.6 Å². The van der Waals surface area contributed by atoms with Crippen LogP contribution in [0.3, 0.4) is 0 Å². The first-order valence-corrected chi connectivity index (χ1v) is 11.0. The summed E-state index contributed by atoms with van der Waals surface area (Å²) in [4.78, 5) is 28.1. The summed E-state index contributed by atoms with van der Waals surface area (Å²) >= 11 is 0. The van der Waals surface area contributed by atoms with E-state index in [1.807, 2.05) is 0 Å². The lowest BCUT2D eigenvalue weighted by Gasteiger charge is -2.15. The van der Waals surface area contributed by atoms with Gasteiger partial charge in [-0.15, -0.1) is 5.10 Å². The van der Waals surface area contributed by atoms with Crippen molar-refractivity contribution in [2.45, 2.75) is 39.2 Å². The molecule has 10 heteroatoms. The molecule has 0 aliphatic heterocycles.